The second-order valence-electron chi connectivity index (χ2n) is 11.8. The lowest BCUT2D eigenvalue weighted by molar-refractivity contribution is -0.114. The van der Waals surface area contributed by atoms with Gasteiger partial charge in [0.05, 0.1) is 34.6 Å². The molecule has 7 rings (SSSR count). The van der Waals surface area contributed by atoms with E-state index >= 15 is 0 Å². The van der Waals surface area contributed by atoms with Gasteiger partial charge in [-0.25, -0.2) is 9.78 Å². The van der Waals surface area contributed by atoms with Gasteiger partial charge in [0, 0.05) is 63.1 Å². The summed E-state index contributed by atoms with van der Waals surface area (Å²) >= 11 is 0. The molecular formula is C32H34N8O2. The SMILES string of the molecule is CN1CCC(CN(C)C(=O)N2CCn3cc(C4=C(c5cnc6ccccn56)C(=O)NC4)c4cc(C#N)cc(c43)C2)CC1. The normalized spacial score (nSPS) is 18.0. The van der Waals surface area contributed by atoms with Crippen molar-refractivity contribution < 1.29 is 9.59 Å². The van der Waals surface area contributed by atoms with Crippen LogP contribution in [0.25, 0.3) is 27.7 Å². The molecule has 0 unspecified atom stereocenters. The molecule has 214 valence electrons. The van der Waals surface area contributed by atoms with Crippen LogP contribution in [0.5, 0.6) is 0 Å². The Bertz CT molecular complexity index is 1800. The van der Waals surface area contributed by atoms with Crippen LogP contribution in [0.4, 0.5) is 4.79 Å². The molecule has 6 heterocycles. The summed E-state index contributed by atoms with van der Waals surface area (Å²) in [4.78, 5) is 37.5. The number of imidazole rings is 1. The second-order valence-corrected chi connectivity index (χ2v) is 11.8. The van der Waals surface area contributed by atoms with Gasteiger partial charge in [0.2, 0.25) is 0 Å². The van der Waals surface area contributed by atoms with Crippen LogP contribution in [0, 0.1) is 17.2 Å². The van der Waals surface area contributed by atoms with Gasteiger partial charge in [0.15, 0.2) is 0 Å². The Morgan fingerprint density at radius 1 is 1.19 bits per heavy atom. The zero-order chi connectivity index (χ0) is 29.0. The Morgan fingerprint density at radius 3 is 2.83 bits per heavy atom. The van der Waals surface area contributed by atoms with Gasteiger partial charge in [-0.3, -0.25) is 9.20 Å². The van der Waals surface area contributed by atoms with Gasteiger partial charge in [0.1, 0.15) is 5.65 Å². The summed E-state index contributed by atoms with van der Waals surface area (Å²) in [5.41, 5.74) is 6.44. The number of nitriles is 1. The number of nitrogens with one attached hydrogen (secondary N) is 1. The van der Waals surface area contributed by atoms with Crippen LogP contribution in [0.2, 0.25) is 0 Å². The van der Waals surface area contributed by atoms with Crippen molar-refractivity contribution in [2.24, 2.45) is 5.92 Å². The van der Waals surface area contributed by atoms with E-state index in [-0.39, 0.29) is 11.9 Å². The topological polar surface area (TPSA) is 102 Å². The number of rotatable bonds is 4. The number of urea groups is 1. The highest BCUT2D eigenvalue weighted by molar-refractivity contribution is 6.31. The Kier molecular flexibility index (Phi) is 6.47. The predicted molar refractivity (Wildman–Crippen MR) is 160 cm³/mol. The third kappa shape index (κ3) is 4.41. The highest BCUT2D eigenvalue weighted by Crippen LogP contribution is 2.38. The monoisotopic (exact) mass is 562 g/mol. The fraction of sp³-hybridized carbons (Fsp3) is 0.375. The minimum Gasteiger partial charge on any atom is -0.348 e. The number of hydrogen-bond acceptors (Lipinski definition) is 5. The molecule has 1 fully saturated rings. The molecule has 42 heavy (non-hydrogen) atoms. The maximum atomic E-state index is 13.6. The number of carbonyl (C=O) groups is 2. The predicted octanol–water partition coefficient (Wildman–Crippen LogP) is 3.41. The van der Waals surface area contributed by atoms with Crippen LogP contribution in [0.15, 0.2) is 48.9 Å². The van der Waals surface area contributed by atoms with Crippen LogP contribution in [-0.2, 0) is 17.9 Å². The maximum Gasteiger partial charge on any atom is 0.320 e. The molecule has 3 aliphatic heterocycles. The minimum atomic E-state index is -0.135. The molecule has 0 saturated carbocycles. The second kappa shape index (κ2) is 10.3. The first-order valence-electron chi connectivity index (χ1n) is 14.6. The van der Waals surface area contributed by atoms with Crippen LogP contribution in [0.1, 0.15) is 35.2 Å². The summed E-state index contributed by atoms with van der Waals surface area (Å²) in [6, 6.07) is 11.9. The Balaban J connectivity index is 1.25. The molecule has 1 saturated heterocycles. The van der Waals surface area contributed by atoms with Gasteiger partial charge in [-0.1, -0.05) is 6.07 Å². The van der Waals surface area contributed by atoms with E-state index in [0.717, 1.165) is 71.4 Å². The van der Waals surface area contributed by atoms with Crippen LogP contribution in [-0.4, -0.2) is 87.4 Å². The Morgan fingerprint density at radius 2 is 2.02 bits per heavy atom. The highest BCUT2D eigenvalue weighted by Gasteiger charge is 2.32. The molecule has 0 spiro atoms. The van der Waals surface area contributed by atoms with Crippen LogP contribution >= 0.6 is 0 Å². The van der Waals surface area contributed by atoms with Crippen molar-refractivity contribution in [3.05, 3.63) is 71.3 Å². The number of piperidine rings is 1. The maximum absolute atomic E-state index is 13.6. The van der Waals surface area contributed by atoms with Gasteiger partial charge in [-0.05, 0) is 74.3 Å². The zero-order valence-electron chi connectivity index (χ0n) is 24.0. The summed E-state index contributed by atoms with van der Waals surface area (Å²) in [5.74, 6) is 0.384. The van der Waals surface area contributed by atoms with Crippen molar-refractivity contribution in [1.29, 1.82) is 5.26 Å². The van der Waals surface area contributed by atoms with Gasteiger partial charge < -0.3 is 24.6 Å². The van der Waals surface area contributed by atoms with Crippen molar-refractivity contribution in [2.45, 2.75) is 25.9 Å². The van der Waals surface area contributed by atoms with Crippen molar-refractivity contribution in [3.63, 3.8) is 0 Å². The Labute approximate surface area is 244 Å². The van der Waals surface area contributed by atoms with E-state index in [4.69, 9.17) is 0 Å². The molecule has 10 nitrogen and oxygen atoms in total. The molecule has 1 N–H and O–H groups in total. The number of aromatic nitrogens is 3. The van der Waals surface area contributed by atoms with E-state index in [1.165, 1.54) is 0 Å². The number of nitrogens with zero attached hydrogens (tertiary/aromatic N) is 7. The average Bonchev–Trinajstić information content (AvgIpc) is 3.66. The lowest BCUT2D eigenvalue weighted by Crippen LogP contribution is -2.44. The van der Waals surface area contributed by atoms with Crippen LogP contribution in [0.3, 0.4) is 0 Å². The van der Waals surface area contributed by atoms with Gasteiger partial charge >= 0.3 is 6.03 Å². The third-order valence-electron chi connectivity index (χ3n) is 9.07. The van der Waals surface area contributed by atoms with Crippen LogP contribution < -0.4 is 5.32 Å². The first kappa shape index (κ1) is 26.3. The van der Waals surface area contributed by atoms with E-state index in [1.807, 2.05) is 57.8 Å². The van der Waals surface area contributed by atoms with Crippen molar-refractivity contribution >= 4 is 39.6 Å². The van der Waals surface area contributed by atoms with Gasteiger partial charge in [-0.15, -0.1) is 0 Å². The summed E-state index contributed by atoms with van der Waals surface area (Å²) in [6.07, 6.45) is 7.96. The Hall–Kier alpha value is -4.62. The zero-order valence-corrected chi connectivity index (χ0v) is 24.0. The molecule has 3 aromatic heterocycles. The average molecular weight is 563 g/mol. The molecular weight excluding hydrogens is 528 g/mol. The minimum absolute atomic E-state index is 0.0265. The summed E-state index contributed by atoms with van der Waals surface area (Å²) < 4.78 is 4.12. The molecule has 10 heteroatoms. The fourth-order valence-corrected chi connectivity index (χ4v) is 6.86. The van der Waals surface area contributed by atoms with E-state index in [2.05, 4.69) is 39.1 Å². The van der Waals surface area contributed by atoms with Crippen molar-refractivity contribution in [2.75, 3.05) is 46.8 Å². The van der Waals surface area contributed by atoms with E-state index < -0.39 is 0 Å². The largest absolute Gasteiger partial charge is 0.348 e. The fourth-order valence-electron chi connectivity index (χ4n) is 6.86. The van der Waals surface area contributed by atoms with Gasteiger partial charge in [0.25, 0.3) is 5.91 Å². The number of benzene rings is 1. The number of fused-ring (bicyclic) bond motifs is 1. The molecule has 0 radical (unpaired) electrons. The van der Waals surface area contributed by atoms with E-state index in [9.17, 15) is 14.9 Å². The summed E-state index contributed by atoms with van der Waals surface area (Å²) in [6.45, 7) is 4.92. The summed E-state index contributed by atoms with van der Waals surface area (Å²) in [5, 5.41) is 13.9. The van der Waals surface area contributed by atoms with Gasteiger partial charge in [-0.2, -0.15) is 5.26 Å². The molecule has 1 aromatic carbocycles. The number of hydrogen-bond donors (Lipinski definition) is 1. The summed E-state index contributed by atoms with van der Waals surface area (Å²) in [7, 11) is 4.06. The lowest BCUT2D eigenvalue weighted by Gasteiger charge is -2.33. The number of amides is 3. The van der Waals surface area contributed by atoms with E-state index in [0.29, 0.717) is 43.2 Å². The standard InChI is InChI=1S/C32H34N8O2/c1-36-9-6-21(7-10-36)18-37(2)32(42)39-12-11-38-20-26(24-14-22(15-33)13-23(19-39)30(24)38)25-16-35-31(41)29(25)27-17-34-28-5-3-4-8-40(27)28/h3-5,8,13-14,17,20-21H,6-7,9-12,16,18-19H2,1-2H3,(H,35,41). The first-order chi connectivity index (χ1) is 20.4. The van der Waals surface area contributed by atoms with Crippen molar-refractivity contribution in [3.8, 4) is 6.07 Å². The lowest BCUT2D eigenvalue weighted by atomic mass is 9.96. The first-order valence-corrected chi connectivity index (χ1v) is 14.6. The quantitative estimate of drug-likeness (QED) is 0.411. The molecule has 3 amide bonds. The number of carbonyl (C=O) groups excluding carboxylic acids is 2. The number of pyridine rings is 1. The third-order valence-corrected chi connectivity index (χ3v) is 9.07. The van der Waals surface area contributed by atoms with E-state index in [1.54, 1.807) is 6.20 Å². The molecule has 0 bridgehead atoms. The molecule has 3 aliphatic rings. The smallest absolute Gasteiger partial charge is 0.320 e. The number of likely N-dealkylation sites (tertiary alicyclic amines) is 1. The molecule has 4 aromatic rings. The molecule has 0 aliphatic carbocycles. The molecule has 0 atom stereocenters. The highest BCUT2D eigenvalue weighted by atomic mass is 16.2. The van der Waals surface area contributed by atoms with Crippen molar-refractivity contribution in [1.82, 2.24) is 34.0 Å².